The molecule has 1 aliphatic carbocycles. The van der Waals surface area contributed by atoms with Gasteiger partial charge < -0.3 is 10.2 Å². The summed E-state index contributed by atoms with van der Waals surface area (Å²) < 4.78 is 0. The molecule has 1 saturated carbocycles. The Balaban J connectivity index is 2.22. The molecule has 0 spiro atoms. The van der Waals surface area contributed by atoms with Crippen molar-refractivity contribution in [3.63, 3.8) is 0 Å². The first kappa shape index (κ1) is 15.1. The number of aromatic nitrogens is 2. The average Bonchev–Trinajstić information content (AvgIpc) is 2.43. The lowest BCUT2D eigenvalue weighted by molar-refractivity contribution is 0.339. The molecular weight excluding hydrogens is 248 g/mol. The van der Waals surface area contributed by atoms with Crippen LogP contribution < -0.4 is 10.2 Å². The quantitative estimate of drug-likeness (QED) is 0.913. The molecule has 1 aromatic heterocycles. The van der Waals surface area contributed by atoms with Crippen LogP contribution in [0.5, 0.6) is 0 Å². The van der Waals surface area contributed by atoms with Crippen molar-refractivity contribution in [2.45, 2.75) is 59.4 Å². The molecule has 0 unspecified atom stereocenters. The fraction of sp³-hybridized carbons (Fsp3) is 0.750. The summed E-state index contributed by atoms with van der Waals surface area (Å²) in [6, 6.07) is 0.619. The average molecular weight is 276 g/mol. The van der Waals surface area contributed by atoms with Crippen molar-refractivity contribution in [3.05, 3.63) is 11.4 Å². The molecule has 1 aliphatic rings. The highest BCUT2D eigenvalue weighted by atomic mass is 15.2. The van der Waals surface area contributed by atoms with Gasteiger partial charge >= 0.3 is 0 Å². The van der Waals surface area contributed by atoms with Gasteiger partial charge in [-0.05, 0) is 52.4 Å². The molecule has 0 aromatic carbocycles. The van der Waals surface area contributed by atoms with E-state index in [9.17, 15) is 0 Å². The molecule has 1 heterocycles. The minimum Gasteiger partial charge on any atom is -0.370 e. The van der Waals surface area contributed by atoms with E-state index in [4.69, 9.17) is 0 Å². The monoisotopic (exact) mass is 276 g/mol. The molecule has 0 radical (unpaired) electrons. The molecule has 0 bridgehead atoms. The van der Waals surface area contributed by atoms with Crippen LogP contribution in [0.1, 0.15) is 50.9 Å². The van der Waals surface area contributed by atoms with Crippen LogP contribution in [0.15, 0.2) is 0 Å². The van der Waals surface area contributed by atoms with Crippen LogP contribution in [0.2, 0.25) is 0 Å². The summed E-state index contributed by atoms with van der Waals surface area (Å²) in [5.41, 5.74) is 1.17. The van der Waals surface area contributed by atoms with Gasteiger partial charge in [-0.25, -0.2) is 9.97 Å². The maximum absolute atomic E-state index is 4.68. The van der Waals surface area contributed by atoms with Crippen LogP contribution in [0, 0.1) is 19.8 Å². The minimum absolute atomic E-state index is 0.619. The van der Waals surface area contributed by atoms with E-state index in [1.165, 1.54) is 31.2 Å². The molecule has 20 heavy (non-hydrogen) atoms. The van der Waals surface area contributed by atoms with Crippen molar-refractivity contribution >= 4 is 11.6 Å². The third kappa shape index (κ3) is 3.22. The normalized spacial score (nSPS) is 22.6. The molecule has 4 nitrogen and oxygen atoms in total. The topological polar surface area (TPSA) is 41.1 Å². The van der Waals surface area contributed by atoms with Crippen molar-refractivity contribution in [1.82, 2.24) is 9.97 Å². The molecule has 1 N–H and O–H groups in total. The smallest absolute Gasteiger partial charge is 0.137 e. The van der Waals surface area contributed by atoms with Crippen molar-refractivity contribution < 1.29 is 0 Å². The number of nitrogens with zero attached hydrogens (tertiary/aromatic N) is 3. The first-order chi connectivity index (χ1) is 9.52. The van der Waals surface area contributed by atoms with Gasteiger partial charge in [-0.2, -0.15) is 0 Å². The number of hydrogen-bond acceptors (Lipinski definition) is 4. The van der Waals surface area contributed by atoms with Gasteiger partial charge in [0.05, 0.1) is 0 Å². The summed E-state index contributed by atoms with van der Waals surface area (Å²) in [4.78, 5) is 11.6. The van der Waals surface area contributed by atoms with E-state index in [0.29, 0.717) is 6.04 Å². The zero-order valence-electron chi connectivity index (χ0n) is 13.5. The minimum atomic E-state index is 0.619. The molecule has 0 atom stereocenters. The van der Waals surface area contributed by atoms with E-state index in [1.54, 1.807) is 0 Å². The molecule has 1 fully saturated rings. The molecule has 0 aliphatic heterocycles. The van der Waals surface area contributed by atoms with Crippen LogP contribution in [-0.4, -0.2) is 29.6 Å². The largest absolute Gasteiger partial charge is 0.370 e. The maximum atomic E-state index is 4.68. The number of nitrogens with one attached hydrogen (secondary N) is 1. The van der Waals surface area contributed by atoms with Crippen LogP contribution in [0.4, 0.5) is 11.6 Å². The fourth-order valence-corrected chi connectivity index (χ4v) is 3.10. The second-order valence-corrected chi connectivity index (χ2v) is 6.12. The molecule has 4 heteroatoms. The first-order valence-electron chi connectivity index (χ1n) is 7.84. The Kier molecular flexibility index (Phi) is 4.84. The Labute approximate surface area is 123 Å². The highest BCUT2D eigenvalue weighted by Crippen LogP contribution is 2.31. The van der Waals surface area contributed by atoms with Gasteiger partial charge in [-0.1, -0.05) is 6.92 Å². The van der Waals surface area contributed by atoms with Gasteiger partial charge in [0.25, 0.3) is 0 Å². The van der Waals surface area contributed by atoms with E-state index in [0.717, 1.165) is 29.9 Å². The van der Waals surface area contributed by atoms with Crippen molar-refractivity contribution in [2.24, 2.45) is 5.92 Å². The van der Waals surface area contributed by atoms with E-state index >= 15 is 0 Å². The van der Waals surface area contributed by atoms with E-state index in [2.05, 4.69) is 48.0 Å². The fourth-order valence-electron chi connectivity index (χ4n) is 3.10. The third-order valence-electron chi connectivity index (χ3n) is 4.44. The molecule has 0 amide bonds. The summed E-state index contributed by atoms with van der Waals surface area (Å²) >= 11 is 0. The van der Waals surface area contributed by atoms with Gasteiger partial charge in [0, 0.05) is 25.2 Å². The Hall–Kier alpha value is -1.32. The second-order valence-electron chi connectivity index (χ2n) is 6.12. The zero-order valence-corrected chi connectivity index (χ0v) is 13.5. The summed E-state index contributed by atoms with van der Waals surface area (Å²) in [5.74, 6) is 3.79. The lowest BCUT2D eigenvalue weighted by Gasteiger charge is -2.35. The second kappa shape index (κ2) is 6.42. The van der Waals surface area contributed by atoms with Gasteiger partial charge in [0.15, 0.2) is 0 Å². The van der Waals surface area contributed by atoms with Crippen LogP contribution in [-0.2, 0) is 0 Å². The van der Waals surface area contributed by atoms with Crippen molar-refractivity contribution in [2.75, 3.05) is 23.8 Å². The number of anilines is 2. The number of rotatable bonds is 4. The van der Waals surface area contributed by atoms with Gasteiger partial charge in [-0.15, -0.1) is 0 Å². The Morgan fingerprint density at radius 3 is 2.40 bits per heavy atom. The van der Waals surface area contributed by atoms with E-state index < -0.39 is 0 Å². The summed E-state index contributed by atoms with van der Waals surface area (Å²) in [6.07, 6.45) is 5.21. The highest BCUT2D eigenvalue weighted by Gasteiger charge is 2.24. The van der Waals surface area contributed by atoms with Gasteiger partial charge in [0.2, 0.25) is 0 Å². The number of aryl methyl sites for hydroxylation is 1. The summed E-state index contributed by atoms with van der Waals surface area (Å²) in [7, 11) is 2.19. The third-order valence-corrected chi connectivity index (χ3v) is 4.44. The van der Waals surface area contributed by atoms with Crippen molar-refractivity contribution in [3.8, 4) is 0 Å². The molecule has 112 valence electrons. The zero-order chi connectivity index (χ0) is 14.7. The predicted octanol–water partition coefficient (Wildman–Crippen LogP) is 3.54. The molecule has 1 aromatic rings. The predicted molar refractivity (Wildman–Crippen MR) is 85.5 cm³/mol. The lowest BCUT2D eigenvalue weighted by atomic mass is 9.86. The number of hydrogen-bond donors (Lipinski definition) is 1. The molecule has 0 saturated heterocycles. The van der Waals surface area contributed by atoms with E-state index in [1.807, 2.05) is 6.92 Å². The Morgan fingerprint density at radius 2 is 1.80 bits per heavy atom. The lowest BCUT2D eigenvalue weighted by Crippen LogP contribution is -2.36. The van der Waals surface area contributed by atoms with Crippen LogP contribution in [0.3, 0.4) is 0 Å². The first-order valence-corrected chi connectivity index (χ1v) is 7.84. The summed E-state index contributed by atoms with van der Waals surface area (Å²) in [5, 5.41) is 3.34. The summed E-state index contributed by atoms with van der Waals surface area (Å²) in [6.45, 7) is 9.44. The highest BCUT2D eigenvalue weighted by molar-refractivity contribution is 5.58. The van der Waals surface area contributed by atoms with Gasteiger partial charge in [0.1, 0.15) is 17.5 Å². The van der Waals surface area contributed by atoms with Crippen molar-refractivity contribution in [1.29, 1.82) is 0 Å². The molecular formula is C16H28N4. The van der Waals surface area contributed by atoms with Crippen LogP contribution in [0.25, 0.3) is 0 Å². The van der Waals surface area contributed by atoms with Gasteiger partial charge in [-0.3, -0.25) is 0 Å². The Morgan fingerprint density at radius 1 is 1.15 bits per heavy atom. The maximum Gasteiger partial charge on any atom is 0.137 e. The van der Waals surface area contributed by atoms with Crippen LogP contribution >= 0.6 is 0 Å². The SMILES string of the molecule is CCNc1nc(C)nc(N(C)C2CCC(C)CC2)c1C. The van der Waals surface area contributed by atoms with E-state index in [-0.39, 0.29) is 0 Å². The molecule has 2 rings (SSSR count). The standard InChI is InChI=1S/C16H28N4/c1-6-17-15-12(3)16(19-13(4)18-15)20(5)14-9-7-11(2)8-10-14/h11,14H,6-10H2,1-5H3,(H,17,18,19). The Bertz CT molecular complexity index is 450.